The molecule has 3 heterocycles. The molecule has 0 bridgehead atoms. The van der Waals surface area contributed by atoms with Gasteiger partial charge in [0.1, 0.15) is 0 Å². The van der Waals surface area contributed by atoms with E-state index in [4.69, 9.17) is 21.3 Å². The van der Waals surface area contributed by atoms with E-state index in [1.165, 1.54) is 0 Å². The fourth-order valence-corrected chi connectivity index (χ4v) is 10.6. The fraction of sp³-hybridized carbons (Fsp3) is 0.0357. The molecule has 0 aliphatic carbocycles. The van der Waals surface area contributed by atoms with Crippen molar-refractivity contribution in [2.75, 3.05) is 0 Å². The summed E-state index contributed by atoms with van der Waals surface area (Å²) in [7, 11) is 0. The predicted molar refractivity (Wildman–Crippen MR) is 143 cm³/mol. The van der Waals surface area contributed by atoms with E-state index in [0.29, 0.717) is 12.0 Å². The molecule has 0 fully saturated rings. The number of aromatic nitrogens is 4. The molecule has 0 saturated carbocycles. The van der Waals surface area contributed by atoms with Crippen molar-refractivity contribution in [1.29, 1.82) is 0 Å². The summed E-state index contributed by atoms with van der Waals surface area (Å²) in [4.78, 5) is 9.55. The second-order valence-corrected chi connectivity index (χ2v) is 14.9. The number of rotatable bonds is 5. The van der Waals surface area contributed by atoms with Crippen LogP contribution >= 0.6 is 17.2 Å². The van der Waals surface area contributed by atoms with Crippen LogP contribution in [-0.2, 0) is 6.16 Å². The molecule has 3 aromatic heterocycles. The summed E-state index contributed by atoms with van der Waals surface area (Å²) in [5, 5.41) is 9.19. The molecule has 0 aliphatic rings. The standard InChI is InChI=1S/C28H22ClN4P/c29-34(23-12-4-1-5-13-23,24-14-6-2-7-15-24,25-16-8-3-9-17-25)21-26-31-28-27-22(11-10-19-30-27)18-20-33(28)32-26/h1-20H,21H2. The van der Waals surface area contributed by atoms with E-state index in [2.05, 4.69) is 77.8 Å². The first-order chi connectivity index (χ1) is 16.7. The molecule has 0 spiro atoms. The third kappa shape index (κ3) is 3.14. The van der Waals surface area contributed by atoms with Gasteiger partial charge in [0.05, 0.1) is 0 Å². The fourth-order valence-electron chi connectivity index (χ4n) is 4.79. The zero-order chi connectivity index (χ0) is 23.0. The average Bonchev–Trinajstić information content (AvgIpc) is 3.33. The molecule has 6 aromatic rings. The molecule has 0 aliphatic heterocycles. The quantitative estimate of drug-likeness (QED) is 0.308. The van der Waals surface area contributed by atoms with Crippen LogP contribution in [0, 0.1) is 0 Å². The minimum atomic E-state index is -3.50. The van der Waals surface area contributed by atoms with Crippen LogP contribution in [0.3, 0.4) is 0 Å². The number of hydrogen-bond acceptors (Lipinski definition) is 3. The van der Waals surface area contributed by atoms with Gasteiger partial charge in [-0.25, -0.2) is 0 Å². The third-order valence-electron chi connectivity index (χ3n) is 6.44. The number of benzene rings is 3. The van der Waals surface area contributed by atoms with Gasteiger partial charge in [0.2, 0.25) is 0 Å². The number of hydrogen-bond donors (Lipinski definition) is 0. The van der Waals surface area contributed by atoms with E-state index in [0.717, 1.165) is 32.5 Å². The molecule has 0 radical (unpaired) electrons. The number of nitrogens with zero attached hydrogens (tertiary/aromatic N) is 4. The molecular weight excluding hydrogens is 459 g/mol. The monoisotopic (exact) mass is 480 g/mol. The van der Waals surface area contributed by atoms with Gasteiger partial charge in [0.15, 0.2) is 0 Å². The van der Waals surface area contributed by atoms with Crippen molar-refractivity contribution in [3.8, 4) is 0 Å². The van der Waals surface area contributed by atoms with Crippen LogP contribution in [0.1, 0.15) is 5.82 Å². The zero-order valence-corrected chi connectivity index (χ0v) is 20.0. The summed E-state index contributed by atoms with van der Waals surface area (Å²) in [5.41, 5.74) is 1.57. The number of fused-ring (bicyclic) bond motifs is 3. The summed E-state index contributed by atoms with van der Waals surface area (Å²) in [6, 6.07) is 37.2. The Kier molecular flexibility index (Phi) is 4.95. The van der Waals surface area contributed by atoms with E-state index < -0.39 is 5.96 Å². The van der Waals surface area contributed by atoms with Crippen LogP contribution in [0.4, 0.5) is 0 Å². The molecule has 0 atom stereocenters. The molecular formula is C28H22ClN4P. The summed E-state index contributed by atoms with van der Waals surface area (Å²) in [5.74, 6) is -2.81. The van der Waals surface area contributed by atoms with Crippen LogP contribution < -0.4 is 15.9 Å². The van der Waals surface area contributed by atoms with Crippen LogP contribution in [-0.4, -0.2) is 19.6 Å². The molecule has 6 rings (SSSR count). The van der Waals surface area contributed by atoms with E-state index in [9.17, 15) is 0 Å². The van der Waals surface area contributed by atoms with Gasteiger partial charge in [0, 0.05) is 0 Å². The van der Waals surface area contributed by atoms with Gasteiger partial charge < -0.3 is 0 Å². The Morgan fingerprint density at radius 3 is 1.79 bits per heavy atom. The summed E-state index contributed by atoms with van der Waals surface area (Å²) < 4.78 is 1.81. The van der Waals surface area contributed by atoms with Crippen molar-refractivity contribution in [3.63, 3.8) is 0 Å². The number of halogens is 1. The third-order valence-corrected chi connectivity index (χ3v) is 13.6. The second kappa shape index (κ2) is 8.02. The molecule has 166 valence electrons. The van der Waals surface area contributed by atoms with Gasteiger partial charge >= 0.3 is 203 Å². The number of pyridine rings is 2. The predicted octanol–water partition coefficient (Wildman–Crippen LogP) is 5.46. The van der Waals surface area contributed by atoms with E-state index >= 15 is 0 Å². The molecule has 4 nitrogen and oxygen atoms in total. The minimum absolute atomic E-state index is 0.487. The Morgan fingerprint density at radius 1 is 0.676 bits per heavy atom. The van der Waals surface area contributed by atoms with Crippen LogP contribution in [0.5, 0.6) is 0 Å². The van der Waals surface area contributed by atoms with Crippen molar-refractivity contribution < 1.29 is 0 Å². The first-order valence-electron chi connectivity index (χ1n) is 11.2. The molecule has 0 saturated heterocycles. The van der Waals surface area contributed by atoms with Gasteiger partial charge in [-0.1, -0.05) is 0 Å². The molecule has 0 amide bonds. The van der Waals surface area contributed by atoms with Crippen molar-refractivity contribution in [2.24, 2.45) is 0 Å². The Bertz CT molecular complexity index is 1500. The topological polar surface area (TPSA) is 43.1 Å². The molecule has 6 heteroatoms. The van der Waals surface area contributed by atoms with Crippen molar-refractivity contribution in [2.45, 2.75) is 6.16 Å². The summed E-state index contributed by atoms with van der Waals surface area (Å²) in [6.07, 6.45) is 4.21. The summed E-state index contributed by atoms with van der Waals surface area (Å²) >= 11 is 8.18. The maximum absolute atomic E-state index is 8.18. The van der Waals surface area contributed by atoms with Crippen LogP contribution in [0.25, 0.3) is 16.6 Å². The normalized spacial score (nSPS) is 13.0. The Hall–Kier alpha value is -3.59. The average molecular weight is 481 g/mol. The molecule has 34 heavy (non-hydrogen) atoms. The van der Waals surface area contributed by atoms with Gasteiger partial charge in [-0.05, 0) is 0 Å². The van der Waals surface area contributed by atoms with Gasteiger partial charge in [0.25, 0.3) is 0 Å². The first kappa shape index (κ1) is 21.0. The summed E-state index contributed by atoms with van der Waals surface area (Å²) in [6.45, 7) is 0. The Morgan fingerprint density at radius 2 is 1.24 bits per heavy atom. The zero-order valence-electron chi connectivity index (χ0n) is 18.4. The van der Waals surface area contributed by atoms with Crippen LogP contribution in [0.15, 0.2) is 122 Å². The molecule has 0 unspecified atom stereocenters. The van der Waals surface area contributed by atoms with Crippen LogP contribution in [0.2, 0.25) is 0 Å². The second-order valence-electron chi connectivity index (χ2n) is 8.40. The van der Waals surface area contributed by atoms with Gasteiger partial charge in [-0.15, -0.1) is 0 Å². The Balaban J connectivity index is 1.66. The van der Waals surface area contributed by atoms with Crippen molar-refractivity contribution in [3.05, 3.63) is 127 Å². The Labute approximate surface area is 202 Å². The SMILES string of the molecule is ClP(Cc1nc2c3ncccc3ccn2n1)(c1ccccc1)(c1ccccc1)c1ccccc1. The van der Waals surface area contributed by atoms with E-state index in [1.54, 1.807) is 6.20 Å². The first-order valence-corrected chi connectivity index (χ1v) is 14.5. The van der Waals surface area contributed by atoms with Gasteiger partial charge in [-0.3, -0.25) is 0 Å². The maximum atomic E-state index is 8.18. The molecule has 0 N–H and O–H groups in total. The molecule has 3 aromatic carbocycles. The van der Waals surface area contributed by atoms with E-state index in [1.807, 2.05) is 47.1 Å². The van der Waals surface area contributed by atoms with Crippen molar-refractivity contribution >= 4 is 49.7 Å². The van der Waals surface area contributed by atoms with Gasteiger partial charge in [-0.2, -0.15) is 0 Å². The van der Waals surface area contributed by atoms with E-state index in [-0.39, 0.29) is 0 Å². The van der Waals surface area contributed by atoms with Crippen molar-refractivity contribution in [1.82, 2.24) is 19.6 Å².